The van der Waals surface area contributed by atoms with Gasteiger partial charge in [-0.25, -0.2) is 0 Å². The van der Waals surface area contributed by atoms with Crippen molar-refractivity contribution in [2.45, 2.75) is 11.7 Å². The molecule has 1 unspecified atom stereocenters. The molecule has 4 heteroatoms. The van der Waals surface area contributed by atoms with E-state index in [0.717, 1.165) is 19.5 Å². The van der Waals surface area contributed by atoms with Gasteiger partial charge in [-0.2, -0.15) is 12.6 Å². The van der Waals surface area contributed by atoms with E-state index in [1.165, 1.54) is 0 Å². The van der Waals surface area contributed by atoms with Crippen molar-refractivity contribution in [3.63, 3.8) is 0 Å². The van der Waals surface area contributed by atoms with E-state index in [-0.39, 0.29) is 5.96 Å². The summed E-state index contributed by atoms with van der Waals surface area (Å²) in [6.07, 6.45) is 1.04. The van der Waals surface area contributed by atoms with E-state index < -0.39 is 0 Å². The van der Waals surface area contributed by atoms with Gasteiger partial charge in [-0.1, -0.05) is 0 Å². The number of nitrogens with zero attached hydrogens (tertiary/aromatic N) is 1. The largest absolute Gasteiger partial charge is 0.370 e. The van der Waals surface area contributed by atoms with E-state index in [2.05, 4.69) is 12.6 Å². The Morgan fingerprint density at radius 2 is 2.44 bits per heavy atom. The first-order valence-corrected chi connectivity index (χ1v) is 3.49. The van der Waals surface area contributed by atoms with Crippen LogP contribution in [-0.2, 0) is 0 Å². The summed E-state index contributed by atoms with van der Waals surface area (Å²) in [6, 6.07) is 0. The molecular weight excluding hydrogens is 134 g/mol. The molecule has 0 aliphatic carbocycles. The summed E-state index contributed by atoms with van der Waals surface area (Å²) in [6.45, 7) is 1.72. The number of likely N-dealkylation sites (tertiary alicyclic amines) is 1. The smallest absolute Gasteiger partial charge is 0.188 e. The Kier molecular flexibility index (Phi) is 1.85. The van der Waals surface area contributed by atoms with Gasteiger partial charge in [-0.15, -0.1) is 0 Å². The quantitative estimate of drug-likeness (QED) is 0.253. The zero-order valence-electron chi connectivity index (χ0n) is 5.17. The monoisotopic (exact) mass is 145 g/mol. The zero-order chi connectivity index (χ0) is 6.85. The second-order valence-electron chi connectivity index (χ2n) is 2.27. The molecule has 1 aliphatic heterocycles. The first-order chi connectivity index (χ1) is 4.20. The van der Waals surface area contributed by atoms with E-state index in [0.29, 0.717) is 5.25 Å². The lowest BCUT2D eigenvalue weighted by atomic mass is 10.4. The fraction of sp³-hybridized carbons (Fsp3) is 0.800. The molecule has 3 N–H and O–H groups in total. The van der Waals surface area contributed by atoms with E-state index in [9.17, 15) is 0 Å². The Labute approximate surface area is 60.1 Å². The third-order valence-corrected chi connectivity index (χ3v) is 1.93. The van der Waals surface area contributed by atoms with Gasteiger partial charge in [0.05, 0.1) is 0 Å². The van der Waals surface area contributed by atoms with E-state index >= 15 is 0 Å². The third-order valence-electron chi connectivity index (χ3n) is 1.50. The molecule has 0 saturated carbocycles. The van der Waals surface area contributed by atoms with Crippen LogP contribution in [0.15, 0.2) is 0 Å². The van der Waals surface area contributed by atoms with E-state index in [1.54, 1.807) is 0 Å². The standard InChI is InChI=1S/C5H11N3S/c6-5(7)8-2-1-4(9)3-8/h4,9H,1-3H2,(H3,6,7). The Hall–Kier alpha value is -0.380. The fourth-order valence-corrected chi connectivity index (χ4v) is 1.27. The number of thiol groups is 1. The average Bonchev–Trinajstić information content (AvgIpc) is 2.14. The van der Waals surface area contributed by atoms with Gasteiger partial charge >= 0.3 is 0 Å². The van der Waals surface area contributed by atoms with Crippen molar-refractivity contribution in [3.8, 4) is 0 Å². The van der Waals surface area contributed by atoms with Crippen LogP contribution in [0.2, 0.25) is 0 Å². The van der Waals surface area contributed by atoms with Gasteiger partial charge in [0.25, 0.3) is 0 Å². The molecule has 0 spiro atoms. The van der Waals surface area contributed by atoms with Gasteiger partial charge in [-0.3, -0.25) is 5.41 Å². The lowest BCUT2D eigenvalue weighted by Gasteiger charge is -2.13. The highest BCUT2D eigenvalue weighted by atomic mass is 32.1. The summed E-state index contributed by atoms with van der Waals surface area (Å²) in [7, 11) is 0. The van der Waals surface area contributed by atoms with Crippen molar-refractivity contribution in [2.75, 3.05) is 13.1 Å². The minimum Gasteiger partial charge on any atom is -0.370 e. The van der Waals surface area contributed by atoms with Gasteiger partial charge < -0.3 is 10.6 Å². The lowest BCUT2D eigenvalue weighted by Crippen LogP contribution is -2.34. The van der Waals surface area contributed by atoms with Crippen LogP contribution < -0.4 is 5.73 Å². The summed E-state index contributed by atoms with van der Waals surface area (Å²) >= 11 is 4.25. The molecule has 1 rings (SSSR count). The normalized spacial score (nSPS) is 26.8. The van der Waals surface area contributed by atoms with Crippen molar-refractivity contribution >= 4 is 18.6 Å². The Morgan fingerprint density at radius 3 is 2.67 bits per heavy atom. The summed E-state index contributed by atoms with van der Waals surface area (Å²) in [5, 5.41) is 7.46. The first-order valence-electron chi connectivity index (χ1n) is 2.97. The van der Waals surface area contributed by atoms with Gasteiger partial charge in [0.15, 0.2) is 5.96 Å². The van der Waals surface area contributed by atoms with Crippen LogP contribution in [0.5, 0.6) is 0 Å². The third kappa shape index (κ3) is 1.51. The van der Waals surface area contributed by atoms with E-state index in [4.69, 9.17) is 11.1 Å². The maximum Gasteiger partial charge on any atom is 0.188 e. The van der Waals surface area contributed by atoms with Crippen LogP contribution in [0, 0.1) is 5.41 Å². The molecule has 3 nitrogen and oxygen atoms in total. The average molecular weight is 145 g/mol. The molecular formula is C5H11N3S. The number of rotatable bonds is 0. The molecule has 1 saturated heterocycles. The second kappa shape index (κ2) is 2.47. The van der Waals surface area contributed by atoms with Crippen molar-refractivity contribution in [2.24, 2.45) is 5.73 Å². The zero-order valence-corrected chi connectivity index (χ0v) is 6.06. The van der Waals surface area contributed by atoms with Crippen LogP contribution in [0.25, 0.3) is 0 Å². The fourth-order valence-electron chi connectivity index (χ4n) is 0.961. The van der Waals surface area contributed by atoms with Crippen molar-refractivity contribution < 1.29 is 0 Å². The number of guanidine groups is 1. The van der Waals surface area contributed by atoms with Crippen molar-refractivity contribution in [1.82, 2.24) is 4.90 Å². The minimum atomic E-state index is 0.173. The van der Waals surface area contributed by atoms with Gasteiger partial charge in [-0.05, 0) is 6.42 Å². The molecule has 1 atom stereocenters. The number of nitrogens with two attached hydrogens (primary N) is 1. The summed E-state index contributed by atoms with van der Waals surface area (Å²) in [5.41, 5.74) is 5.24. The van der Waals surface area contributed by atoms with Crippen molar-refractivity contribution in [1.29, 1.82) is 5.41 Å². The number of hydrogen-bond donors (Lipinski definition) is 3. The van der Waals surface area contributed by atoms with Gasteiger partial charge in [0.2, 0.25) is 0 Å². The maximum atomic E-state index is 7.05. The highest BCUT2D eigenvalue weighted by molar-refractivity contribution is 7.81. The Bertz CT molecular complexity index is 125. The molecule has 1 heterocycles. The lowest BCUT2D eigenvalue weighted by molar-refractivity contribution is 0.511. The van der Waals surface area contributed by atoms with Crippen molar-refractivity contribution in [3.05, 3.63) is 0 Å². The molecule has 52 valence electrons. The predicted octanol–water partition coefficient (Wildman–Crippen LogP) is -0.116. The van der Waals surface area contributed by atoms with Crippen LogP contribution in [0.3, 0.4) is 0 Å². The highest BCUT2D eigenvalue weighted by Crippen LogP contribution is 2.12. The van der Waals surface area contributed by atoms with Gasteiger partial charge in [0, 0.05) is 18.3 Å². The maximum absolute atomic E-state index is 7.05. The molecule has 0 aromatic carbocycles. The molecule has 9 heavy (non-hydrogen) atoms. The molecule has 0 amide bonds. The first kappa shape index (κ1) is 6.74. The summed E-state index contributed by atoms with van der Waals surface area (Å²) in [5.74, 6) is 0.173. The molecule has 0 radical (unpaired) electrons. The molecule has 0 aromatic rings. The SMILES string of the molecule is N=C(N)N1CCC(S)C1. The van der Waals surface area contributed by atoms with Crippen LogP contribution in [0.4, 0.5) is 0 Å². The Balaban J connectivity index is 2.39. The van der Waals surface area contributed by atoms with E-state index in [1.807, 2.05) is 4.90 Å². The topological polar surface area (TPSA) is 53.1 Å². The molecule has 0 bridgehead atoms. The molecule has 0 aromatic heterocycles. The number of hydrogen-bond acceptors (Lipinski definition) is 2. The second-order valence-corrected chi connectivity index (χ2v) is 3.00. The van der Waals surface area contributed by atoms with Crippen LogP contribution in [-0.4, -0.2) is 29.2 Å². The Morgan fingerprint density at radius 1 is 1.78 bits per heavy atom. The number of nitrogens with one attached hydrogen (secondary N) is 1. The predicted molar refractivity (Wildman–Crippen MR) is 40.9 cm³/mol. The van der Waals surface area contributed by atoms with Gasteiger partial charge in [0.1, 0.15) is 0 Å². The molecule has 1 fully saturated rings. The molecule has 1 aliphatic rings. The summed E-state index contributed by atoms with van der Waals surface area (Å²) in [4.78, 5) is 1.83. The highest BCUT2D eigenvalue weighted by Gasteiger charge is 2.19. The summed E-state index contributed by atoms with van der Waals surface area (Å²) < 4.78 is 0. The minimum absolute atomic E-state index is 0.173. The van der Waals surface area contributed by atoms with Crippen LogP contribution in [0.1, 0.15) is 6.42 Å². The van der Waals surface area contributed by atoms with Crippen LogP contribution >= 0.6 is 12.6 Å².